The maximum atomic E-state index is 13.4. The van der Waals surface area contributed by atoms with Gasteiger partial charge in [-0.15, -0.1) is 10.2 Å². The van der Waals surface area contributed by atoms with Crippen molar-refractivity contribution in [1.82, 2.24) is 33.9 Å². The van der Waals surface area contributed by atoms with Crippen LogP contribution in [-0.2, 0) is 25.9 Å². The number of imidazole rings is 1. The third-order valence-corrected chi connectivity index (χ3v) is 7.38. The Hall–Kier alpha value is -3.98. The lowest BCUT2D eigenvalue weighted by Gasteiger charge is -2.13. The smallest absolute Gasteiger partial charge is 0.323 e. The van der Waals surface area contributed by atoms with E-state index in [1.54, 1.807) is 4.57 Å². The molecular formula is C28H28ClN7O2. The van der Waals surface area contributed by atoms with Crippen LogP contribution < -0.4 is 11.2 Å². The van der Waals surface area contributed by atoms with E-state index < -0.39 is 5.56 Å². The van der Waals surface area contributed by atoms with Crippen LogP contribution in [-0.4, -0.2) is 33.9 Å². The van der Waals surface area contributed by atoms with Crippen molar-refractivity contribution in [2.75, 3.05) is 0 Å². The summed E-state index contributed by atoms with van der Waals surface area (Å²) in [6.45, 7) is 2.84. The second-order valence-corrected chi connectivity index (χ2v) is 10.0. The molecule has 9 nitrogen and oxygen atoms in total. The highest BCUT2D eigenvalue weighted by Crippen LogP contribution is 2.33. The fraction of sp³-hybridized carbons (Fsp3) is 0.321. The Bertz CT molecular complexity index is 1760. The molecule has 4 heterocycles. The minimum absolute atomic E-state index is 0.101. The molecule has 0 amide bonds. The first kappa shape index (κ1) is 24.4. The molecule has 0 fully saturated rings. The van der Waals surface area contributed by atoms with Gasteiger partial charge >= 0.3 is 5.69 Å². The number of aryl methyl sites for hydroxylation is 2. The number of unbranched alkanes of at least 4 members (excludes halogenated alkanes) is 2. The summed E-state index contributed by atoms with van der Waals surface area (Å²) < 4.78 is 4.96. The Balaban J connectivity index is 1.34. The fourth-order valence-corrected chi connectivity index (χ4v) is 5.51. The number of para-hydroxylation sites is 1. The molecule has 0 spiro atoms. The predicted octanol–water partition coefficient (Wildman–Crippen LogP) is 4.51. The lowest BCUT2D eigenvalue weighted by Crippen LogP contribution is -2.40. The van der Waals surface area contributed by atoms with Crippen molar-refractivity contribution in [2.45, 2.75) is 58.5 Å². The number of nitrogens with zero attached hydrogens (tertiary/aromatic N) is 6. The first-order valence-corrected chi connectivity index (χ1v) is 13.4. The van der Waals surface area contributed by atoms with Crippen LogP contribution in [0.15, 0.2) is 58.1 Å². The lowest BCUT2D eigenvalue weighted by molar-refractivity contribution is 0.522. The van der Waals surface area contributed by atoms with Gasteiger partial charge in [0.2, 0.25) is 5.28 Å². The van der Waals surface area contributed by atoms with Crippen LogP contribution in [0.5, 0.6) is 0 Å². The van der Waals surface area contributed by atoms with Gasteiger partial charge in [-0.3, -0.25) is 18.5 Å². The van der Waals surface area contributed by atoms with Gasteiger partial charge in [-0.05, 0) is 41.6 Å². The average molecular weight is 530 g/mol. The molecule has 0 saturated heterocycles. The van der Waals surface area contributed by atoms with E-state index >= 15 is 0 Å². The van der Waals surface area contributed by atoms with Gasteiger partial charge < -0.3 is 4.98 Å². The molecule has 2 aromatic carbocycles. The van der Waals surface area contributed by atoms with Gasteiger partial charge in [-0.2, -0.15) is 4.98 Å². The van der Waals surface area contributed by atoms with Crippen LogP contribution in [0.2, 0.25) is 5.28 Å². The van der Waals surface area contributed by atoms with E-state index in [1.165, 1.54) is 15.7 Å². The summed E-state index contributed by atoms with van der Waals surface area (Å²) in [6, 6.07) is 16.6. The molecule has 3 aromatic heterocycles. The molecule has 194 valence electrons. The molecule has 10 heteroatoms. The molecule has 1 N–H and O–H groups in total. The van der Waals surface area contributed by atoms with Crippen molar-refractivity contribution in [3.63, 3.8) is 0 Å². The van der Waals surface area contributed by atoms with Crippen molar-refractivity contribution in [3.05, 3.63) is 91.6 Å². The Kier molecular flexibility index (Phi) is 6.45. The van der Waals surface area contributed by atoms with Gasteiger partial charge in [0.1, 0.15) is 5.82 Å². The van der Waals surface area contributed by atoms with E-state index in [4.69, 9.17) is 11.6 Å². The lowest BCUT2D eigenvalue weighted by atomic mass is 10.0. The standard InChI is InChI=1S/C28H28ClN7O2/c1-2-3-8-15-34-25-23(30-27(29)31-25)26(37)35(28(34)38)16-9-14-22-32-33-24-20-12-6-4-10-18(20)17-19-11-5-7-13-21(19)36(22)24/h4-7,10-13H,2-3,8-9,14-17H2,1H3,(H,30,31). The number of rotatable bonds is 8. The summed E-state index contributed by atoms with van der Waals surface area (Å²) in [4.78, 5) is 33.6. The molecule has 0 saturated carbocycles. The van der Waals surface area contributed by atoms with Crippen molar-refractivity contribution < 1.29 is 0 Å². The number of aromatic amines is 1. The van der Waals surface area contributed by atoms with Gasteiger partial charge in [0.25, 0.3) is 5.56 Å². The minimum Gasteiger partial charge on any atom is -0.323 e. The highest BCUT2D eigenvalue weighted by molar-refractivity contribution is 6.29. The number of nitrogens with one attached hydrogen (secondary N) is 1. The van der Waals surface area contributed by atoms with E-state index in [1.807, 2.05) is 24.3 Å². The van der Waals surface area contributed by atoms with E-state index in [0.29, 0.717) is 25.0 Å². The number of halogens is 1. The molecule has 38 heavy (non-hydrogen) atoms. The van der Waals surface area contributed by atoms with Crippen molar-refractivity contribution in [3.8, 4) is 17.1 Å². The van der Waals surface area contributed by atoms with Crippen LogP contribution in [0, 0.1) is 0 Å². The van der Waals surface area contributed by atoms with Gasteiger partial charge in [0, 0.05) is 31.5 Å². The van der Waals surface area contributed by atoms with E-state index in [9.17, 15) is 9.59 Å². The van der Waals surface area contributed by atoms with Crippen molar-refractivity contribution in [1.29, 1.82) is 0 Å². The highest BCUT2D eigenvalue weighted by atomic mass is 35.5. The summed E-state index contributed by atoms with van der Waals surface area (Å²) in [7, 11) is 0. The van der Waals surface area contributed by atoms with Gasteiger partial charge in [0.05, 0.1) is 5.69 Å². The first-order chi connectivity index (χ1) is 18.6. The normalized spacial score (nSPS) is 12.3. The number of H-pyrrole nitrogens is 1. The second-order valence-electron chi connectivity index (χ2n) is 9.67. The summed E-state index contributed by atoms with van der Waals surface area (Å²) in [5, 5.41) is 9.21. The third kappa shape index (κ3) is 4.16. The third-order valence-electron chi connectivity index (χ3n) is 7.20. The summed E-state index contributed by atoms with van der Waals surface area (Å²) >= 11 is 6.07. The zero-order valence-electron chi connectivity index (χ0n) is 21.2. The number of benzene rings is 2. The molecule has 0 atom stereocenters. The van der Waals surface area contributed by atoms with E-state index in [-0.39, 0.29) is 23.0 Å². The van der Waals surface area contributed by atoms with Crippen LogP contribution in [0.4, 0.5) is 0 Å². The fourth-order valence-electron chi connectivity index (χ4n) is 5.33. The Morgan fingerprint density at radius 1 is 0.921 bits per heavy atom. The van der Waals surface area contributed by atoms with Gasteiger partial charge in [0.15, 0.2) is 17.0 Å². The highest BCUT2D eigenvalue weighted by Gasteiger charge is 2.23. The van der Waals surface area contributed by atoms with Gasteiger partial charge in [-0.25, -0.2) is 4.79 Å². The van der Waals surface area contributed by atoms with Crippen LogP contribution in [0.25, 0.3) is 28.2 Å². The molecule has 5 aromatic rings. The number of hydrogen-bond acceptors (Lipinski definition) is 5. The monoisotopic (exact) mass is 529 g/mol. The molecule has 0 radical (unpaired) electrons. The SMILES string of the molecule is CCCCCn1c(=O)n(CCCc2nnc3n2-c2ccccc2Cc2ccccc2-3)c(=O)c2[nH]c(Cl)nc21. The maximum absolute atomic E-state index is 13.4. The van der Waals surface area contributed by atoms with E-state index in [0.717, 1.165) is 48.6 Å². The molecule has 1 aliphatic rings. The zero-order valence-corrected chi connectivity index (χ0v) is 21.9. The number of aromatic nitrogens is 7. The summed E-state index contributed by atoms with van der Waals surface area (Å²) in [5.41, 5.74) is 4.34. The van der Waals surface area contributed by atoms with E-state index in [2.05, 4.69) is 55.9 Å². The number of fused-ring (bicyclic) bond motifs is 6. The molecule has 1 aliphatic heterocycles. The Labute approximate surface area is 223 Å². The van der Waals surface area contributed by atoms with Crippen LogP contribution >= 0.6 is 11.6 Å². The largest absolute Gasteiger partial charge is 0.332 e. The Morgan fingerprint density at radius 2 is 1.68 bits per heavy atom. The summed E-state index contributed by atoms with van der Waals surface area (Å²) in [5.74, 6) is 1.61. The average Bonchev–Trinajstić information content (AvgIpc) is 3.48. The zero-order chi connectivity index (χ0) is 26.2. The Morgan fingerprint density at radius 3 is 2.53 bits per heavy atom. The van der Waals surface area contributed by atoms with Gasteiger partial charge in [-0.1, -0.05) is 62.2 Å². The molecule has 0 aliphatic carbocycles. The maximum Gasteiger partial charge on any atom is 0.332 e. The summed E-state index contributed by atoms with van der Waals surface area (Å²) in [6.07, 6.45) is 4.73. The minimum atomic E-state index is -0.407. The molecular weight excluding hydrogens is 502 g/mol. The molecule has 0 bridgehead atoms. The second kappa shape index (κ2) is 10.1. The van der Waals surface area contributed by atoms with Crippen LogP contribution in [0.3, 0.4) is 0 Å². The number of hydrogen-bond donors (Lipinski definition) is 1. The topological polar surface area (TPSA) is 103 Å². The van der Waals surface area contributed by atoms with Crippen molar-refractivity contribution >= 4 is 22.8 Å². The quantitative estimate of drug-likeness (QED) is 0.231. The predicted molar refractivity (Wildman–Crippen MR) is 147 cm³/mol. The molecule has 6 rings (SSSR count). The first-order valence-electron chi connectivity index (χ1n) is 13.1. The van der Waals surface area contributed by atoms with Crippen molar-refractivity contribution in [2.24, 2.45) is 0 Å². The van der Waals surface area contributed by atoms with Crippen LogP contribution in [0.1, 0.15) is 49.6 Å². The molecule has 0 unspecified atom stereocenters.